The van der Waals surface area contributed by atoms with E-state index < -0.39 is 0 Å². The summed E-state index contributed by atoms with van der Waals surface area (Å²) in [5.41, 5.74) is 8.08. The molecule has 0 aliphatic heterocycles. The number of nitrogens with one attached hydrogen (secondary N) is 1. The minimum Gasteiger partial charge on any atom is -0.497 e. The smallest absolute Gasteiger partial charge is 0.118 e. The minimum absolute atomic E-state index is 0.210. The molecule has 2 aromatic rings. The van der Waals surface area contributed by atoms with Gasteiger partial charge < -0.3 is 15.8 Å². The second-order valence-electron chi connectivity index (χ2n) is 5.39. The molecule has 0 fully saturated rings. The van der Waals surface area contributed by atoms with Crippen molar-refractivity contribution in [2.24, 2.45) is 5.73 Å². The maximum atomic E-state index is 6.01. The Balaban J connectivity index is 2.14. The number of hydrogen-bond donors (Lipinski definition) is 2. The van der Waals surface area contributed by atoms with Crippen LogP contribution >= 0.6 is 15.9 Å². The van der Waals surface area contributed by atoms with Crippen molar-refractivity contribution in [3.63, 3.8) is 0 Å². The molecule has 21 heavy (non-hydrogen) atoms. The van der Waals surface area contributed by atoms with Crippen molar-refractivity contribution in [3.05, 3.63) is 58.6 Å². The molecule has 0 heterocycles. The summed E-state index contributed by atoms with van der Waals surface area (Å²) < 4.78 is 6.23. The lowest BCUT2D eigenvalue weighted by molar-refractivity contribution is 0.414. The van der Waals surface area contributed by atoms with E-state index in [1.165, 1.54) is 5.56 Å². The van der Waals surface area contributed by atoms with E-state index in [2.05, 4.69) is 40.3 Å². The Morgan fingerprint density at radius 1 is 1.14 bits per heavy atom. The first-order valence-electron chi connectivity index (χ1n) is 6.92. The molecule has 4 heteroatoms. The number of hydrogen-bond acceptors (Lipinski definition) is 3. The number of ether oxygens (including phenoxy) is 1. The highest BCUT2D eigenvalue weighted by Gasteiger charge is 2.23. The van der Waals surface area contributed by atoms with Crippen molar-refractivity contribution in [1.82, 2.24) is 0 Å². The number of benzene rings is 2. The highest BCUT2D eigenvalue weighted by Crippen LogP contribution is 2.26. The van der Waals surface area contributed by atoms with Crippen LogP contribution in [-0.2, 0) is 6.42 Å². The molecule has 2 rings (SSSR count). The van der Waals surface area contributed by atoms with Gasteiger partial charge in [0.2, 0.25) is 0 Å². The van der Waals surface area contributed by atoms with Gasteiger partial charge in [0, 0.05) is 16.7 Å². The number of rotatable bonds is 6. The molecule has 0 aromatic heterocycles. The lowest BCUT2D eigenvalue weighted by atomic mass is 9.92. The SMILES string of the molecule is COc1ccc(CC(C)(CN)Nc2ccccc2Br)cc1. The summed E-state index contributed by atoms with van der Waals surface area (Å²) in [7, 11) is 1.67. The predicted molar refractivity (Wildman–Crippen MR) is 91.9 cm³/mol. The summed E-state index contributed by atoms with van der Waals surface area (Å²) in [6.07, 6.45) is 0.842. The lowest BCUT2D eigenvalue weighted by Crippen LogP contribution is -2.44. The maximum Gasteiger partial charge on any atom is 0.118 e. The Morgan fingerprint density at radius 3 is 2.38 bits per heavy atom. The number of para-hydroxylation sites is 1. The van der Waals surface area contributed by atoms with Gasteiger partial charge in [0.25, 0.3) is 0 Å². The molecule has 0 amide bonds. The van der Waals surface area contributed by atoms with E-state index >= 15 is 0 Å². The second-order valence-corrected chi connectivity index (χ2v) is 6.25. The molecule has 112 valence electrons. The molecule has 1 atom stereocenters. The van der Waals surface area contributed by atoms with Crippen LogP contribution in [-0.4, -0.2) is 19.2 Å². The fourth-order valence-electron chi connectivity index (χ4n) is 2.25. The maximum absolute atomic E-state index is 6.01. The van der Waals surface area contributed by atoms with Crippen LogP contribution in [0.2, 0.25) is 0 Å². The van der Waals surface area contributed by atoms with Crippen LogP contribution in [0.3, 0.4) is 0 Å². The van der Waals surface area contributed by atoms with Gasteiger partial charge >= 0.3 is 0 Å². The monoisotopic (exact) mass is 348 g/mol. The Hall–Kier alpha value is -1.52. The van der Waals surface area contributed by atoms with Gasteiger partial charge in [-0.1, -0.05) is 24.3 Å². The molecule has 0 aliphatic carbocycles. The molecule has 0 saturated heterocycles. The molecule has 1 unspecified atom stereocenters. The van der Waals surface area contributed by atoms with Crippen LogP contribution in [0, 0.1) is 0 Å². The van der Waals surface area contributed by atoms with E-state index in [1.807, 2.05) is 36.4 Å². The molecular weight excluding hydrogens is 328 g/mol. The van der Waals surface area contributed by atoms with Crippen LogP contribution in [0.15, 0.2) is 53.0 Å². The standard InChI is InChI=1S/C17H21BrN2O/c1-17(12-19,20-16-6-4-3-5-15(16)18)11-13-7-9-14(21-2)10-8-13/h3-10,20H,11-12,19H2,1-2H3. The second kappa shape index (κ2) is 6.96. The summed E-state index contributed by atoms with van der Waals surface area (Å²) >= 11 is 3.56. The molecule has 0 radical (unpaired) electrons. The van der Waals surface area contributed by atoms with Crippen molar-refractivity contribution in [3.8, 4) is 5.75 Å². The molecule has 0 spiro atoms. The van der Waals surface area contributed by atoms with Crippen LogP contribution in [0.4, 0.5) is 5.69 Å². The van der Waals surface area contributed by atoms with Gasteiger partial charge in [0.05, 0.1) is 12.6 Å². The van der Waals surface area contributed by atoms with Crippen LogP contribution in [0.1, 0.15) is 12.5 Å². The summed E-state index contributed by atoms with van der Waals surface area (Å²) in [4.78, 5) is 0. The summed E-state index contributed by atoms with van der Waals surface area (Å²) in [5, 5.41) is 3.55. The molecule has 0 saturated carbocycles. The van der Waals surface area contributed by atoms with Gasteiger partial charge in [-0.05, 0) is 59.1 Å². The third-order valence-electron chi connectivity index (χ3n) is 3.51. The zero-order valence-electron chi connectivity index (χ0n) is 12.4. The first kappa shape index (κ1) is 15.9. The van der Waals surface area contributed by atoms with Crippen LogP contribution in [0.5, 0.6) is 5.75 Å². The quantitative estimate of drug-likeness (QED) is 0.833. The lowest BCUT2D eigenvalue weighted by Gasteiger charge is -2.31. The van der Waals surface area contributed by atoms with Gasteiger partial charge in [0.15, 0.2) is 0 Å². The number of anilines is 1. The highest BCUT2D eigenvalue weighted by molar-refractivity contribution is 9.10. The topological polar surface area (TPSA) is 47.3 Å². The Kier molecular flexibility index (Phi) is 5.26. The third-order valence-corrected chi connectivity index (χ3v) is 4.21. The number of halogens is 1. The average Bonchev–Trinajstić information content (AvgIpc) is 2.50. The van der Waals surface area contributed by atoms with Crippen molar-refractivity contribution in [2.75, 3.05) is 19.0 Å². The third kappa shape index (κ3) is 4.22. The van der Waals surface area contributed by atoms with Crippen molar-refractivity contribution >= 4 is 21.6 Å². The first-order valence-corrected chi connectivity index (χ1v) is 7.71. The first-order chi connectivity index (χ1) is 10.1. The van der Waals surface area contributed by atoms with Gasteiger partial charge in [-0.15, -0.1) is 0 Å². The molecule has 0 aliphatic rings. The van der Waals surface area contributed by atoms with E-state index in [9.17, 15) is 0 Å². The molecule has 3 nitrogen and oxygen atoms in total. The summed E-state index contributed by atoms with van der Waals surface area (Å²) in [5.74, 6) is 0.868. The largest absolute Gasteiger partial charge is 0.497 e. The Labute approximate surface area is 134 Å². The Bertz CT molecular complexity index is 586. The normalized spacial score (nSPS) is 13.5. The molecule has 2 aromatic carbocycles. The van der Waals surface area contributed by atoms with Gasteiger partial charge in [-0.3, -0.25) is 0 Å². The van der Waals surface area contributed by atoms with Gasteiger partial charge in [-0.25, -0.2) is 0 Å². The summed E-state index contributed by atoms with van der Waals surface area (Å²) in [6.45, 7) is 2.68. The van der Waals surface area contributed by atoms with E-state index in [0.717, 1.165) is 22.3 Å². The van der Waals surface area contributed by atoms with Crippen LogP contribution < -0.4 is 15.8 Å². The van der Waals surface area contributed by atoms with Crippen LogP contribution in [0.25, 0.3) is 0 Å². The average molecular weight is 349 g/mol. The van der Waals surface area contributed by atoms with Crippen molar-refractivity contribution in [1.29, 1.82) is 0 Å². The Morgan fingerprint density at radius 2 is 1.81 bits per heavy atom. The van der Waals surface area contributed by atoms with Crippen molar-refractivity contribution in [2.45, 2.75) is 18.9 Å². The van der Waals surface area contributed by atoms with E-state index in [4.69, 9.17) is 10.5 Å². The number of nitrogens with two attached hydrogens (primary N) is 1. The van der Waals surface area contributed by atoms with Crippen molar-refractivity contribution < 1.29 is 4.74 Å². The summed E-state index contributed by atoms with van der Waals surface area (Å²) in [6, 6.07) is 16.2. The minimum atomic E-state index is -0.210. The molecule has 0 bridgehead atoms. The molecule has 3 N–H and O–H groups in total. The number of methoxy groups -OCH3 is 1. The van der Waals surface area contributed by atoms with E-state index in [0.29, 0.717) is 6.54 Å². The zero-order chi connectivity index (χ0) is 15.3. The van der Waals surface area contributed by atoms with E-state index in [1.54, 1.807) is 7.11 Å². The predicted octanol–water partition coefficient (Wildman–Crippen LogP) is 3.83. The molecular formula is C17H21BrN2O. The van der Waals surface area contributed by atoms with E-state index in [-0.39, 0.29) is 5.54 Å². The highest BCUT2D eigenvalue weighted by atomic mass is 79.9. The zero-order valence-corrected chi connectivity index (χ0v) is 14.0. The fourth-order valence-corrected chi connectivity index (χ4v) is 2.63. The fraction of sp³-hybridized carbons (Fsp3) is 0.294. The van der Waals surface area contributed by atoms with Gasteiger partial charge in [0.1, 0.15) is 5.75 Å². The van der Waals surface area contributed by atoms with Gasteiger partial charge in [-0.2, -0.15) is 0 Å².